The van der Waals surface area contributed by atoms with E-state index in [0.717, 1.165) is 10.9 Å². The molecule has 100 valence electrons. The van der Waals surface area contributed by atoms with Gasteiger partial charge in [0.1, 0.15) is 0 Å². The van der Waals surface area contributed by atoms with Crippen LogP contribution in [0.5, 0.6) is 5.75 Å². The lowest BCUT2D eigenvalue weighted by atomic mass is 9.99. The van der Waals surface area contributed by atoms with Gasteiger partial charge >= 0.3 is 5.69 Å². The Morgan fingerprint density at radius 1 is 1.44 bits per heavy atom. The van der Waals surface area contributed by atoms with Gasteiger partial charge in [0, 0.05) is 17.3 Å². The fourth-order valence-electron chi connectivity index (χ4n) is 1.50. The van der Waals surface area contributed by atoms with Gasteiger partial charge in [-0.05, 0) is 24.5 Å². The first-order valence-corrected chi connectivity index (χ1v) is 7.01. The van der Waals surface area contributed by atoms with Crippen LogP contribution in [0, 0.1) is 28.9 Å². The number of nitro benzene ring substituents is 1. The fraction of sp³-hybridized carbons (Fsp3) is 0.538. The Morgan fingerprint density at radius 2 is 2.11 bits per heavy atom. The third-order valence-electron chi connectivity index (χ3n) is 2.91. The highest BCUT2D eigenvalue weighted by Gasteiger charge is 2.18. The standard InChI is InChI=1S/C13H18BrNO3/c1-9(2)11(7-14)8-18-13-6-10(3)4-5-12(13)15(16)17/h4-6,9,11H,7-8H2,1-3H3. The minimum absolute atomic E-state index is 0.0256. The van der Waals surface area contributed by atoms with Crippen LogP contribution < -0.4 is 4.74 Å². The van der Waals surface area contributed by atoms with Crippen molar-refractivity contribution in [2.24, 2.45) is 11.8 Å². The smallest absolute Gasteiger partial charge is 0.310 e. The number of alkyl halides is 1. The summed E-state index contributed by atoms with van der Waals surface area (Å²) >= 11 is 3.44. The molecule has 1 unspecified atom stereocenters. The van der Waals surface area contributed by atoms with Gasteiger partial charge in [0.2, 0.25) is 0 Å². The highest BCUT2D eigenvalue weighted by Crippen LogP contribution is 2.28. The Labute approximate surface area is 116 Å². The van der Waals surface area contributed by atoms with E-state index in [1.165, 1.54) is 6.07 Å². The van der Waals surface area contributed by atoms with E-state index in [2.05, 4.69) is 29.8 Å². The summed E-state index contributed by atoms with van der Waals surface area (Å²) < 4.78 is 5.62. The number of hydrogen-bond acceptors (Lipinski definition) is 3. The quantitative estimate of drug-likeness (QED) is 0.453. The molecular formula is C13H18BrNO3. The second-order valence-electron chi connectivity index (χ2n) is 4.70. The van der Waals surface area contributed by atoms with Crippen LogP contribution in [0.1, 0.15) is 19.4 Å². The average Bonchev–Trinajstić information content (AvgIpc) is 2.29. The van der Waals surface area contributed by atoms with E-state index >= 15 is 0 Å². The minimum atomic E-state index is -0.409. The molecule has 0 aliphatic rings. The maximum atomic E-state index is 10.9. The Morgan fingerprint density at radius 3 is 2.61 bits per heavy atom. The Balaban J connectivity index is 2.83. The molecule has 0 aliphatic carbocycles. The van der Waals surface area contributed by atoms with Gasteiger partial charge in [0.15, 0.2) is 5.75 Å². The zero-order valence-electron chi connectivity index (χ0n) is 10.9. The molecule has 0 amide bonds. The van der Waals surface area contributed by atoms with Crippen LogP contribution in [-0.2, 0) is 0 Å². The maximum Gasteiger partial charge on any atom is 0.310 e. The Bertz CT molecular complexity index is 421. The van der Waals surface area contributed by atoms with Crippen molar-refractivity contribution in [1.82, 2.24) is 0 Å². The van der Waals surface area contributed by atoms with Crippen LogP contribution in [0.3, 0.4) is 0 Å². The number of halogens is 1. The van der Waals surface area contributed by atoms with Gasteiger partial charge in [-0.2, -0.15) is 0 Å². The summed E-state index contributed by atoms with van der Waals surface area (Å²) in [5, 5.41) is 11.7. The summed E-state index contributed by atoms with van der Waals surface area (Å²) in [6.07, 6.45) is 0. The van der Waals surface area contributed by atoms with Crippen molar-refractivity contribution in [2.45, 2.75) is 20.8 Å². The van der Waals surface area contributed by atoms with Gasteiger partial charge in [0.25, 0.3) is 0 Å². The van der Waals surface area contributed by atoms with E-state index in [9.17, 15) is 10.1 Å². The summed E-state index contributed by atoms with van der Waals surface area (Å²) in [7, 11) is 0. The van der Waals surface area contributed by atoms with E-state index < -0.39 is 4.92 Å². The summed E-state index contributed by atoms with van der Waals surface area (Å²) in [5.41, 5.74) is 0.980. The van der Waals surface area contributed by atoms with E-state index in [4.69, 9.17) is 4.74 Å². The van der Waals surface area contributed by atoms with Crippen molar-refractivity contribution < 1.29 is 9.66 Å². The third-order valence-corrected chi connectivity index (χ3v) is 3.74. The SMILES string of the molecule is Cc1ccc([N+](=O)[O-])c(OCC(CBr)C(C)C)c1. The molecule has 0 heterocycles. The van der Waals surface area contributed by atoms with E-state index in [1.54, 1.807) is 12.1 Å². The number of aryl methyl sites for hydroxylation is 1. The number of nitro groups is 1. The fourth-order valence-corrected chi connectivity index (χ4v) is 2.43. The molecule has 1 aromatic carbocycles. The molecule has 0 aromatic heterocycles. The second-order valence-corrected chi connectivity index (χ2v) is 5.35. The van der Waals surface area contributed by atoms with Crippen LogP contribution >= 0.6 is 15.9 Å². The molecular weight excluding hydrogens is 298 g/mol. The predicted octanol–water partition coefficient (Wildman–Crippen LogP) is 3.95. The molecule has 0 bridgehead atoms. The van der Waals surface area contributed by atoms with Crippen LogP contribution in [0.2, 0.25) is 0 Å². The molecule has 0 fully saturated rings. The molecule has 0 saturated carbocycles. The van der Waals surface area contributed by atoms with Crippen molar-refractivity contribution in [1.29, 1.82) is 0 Å². The minimum Gasteiger partial charge on any atom is -0.486 e. The lowest BCUT2D eigenvalue weighted by Gasteiger charge is -2.18. The first-order chi connectivity index (χ1) is 8.45. The van der Waals surface area contributed by atoms with Gasteiger partial charge < -0.3 is 4.74 Å². The number of rotatable bonds is 6. The van der Waals surface area contributed by atoms with E-state index in [1.807, 2.05) is 6.92 Å². The Hall–Kier alpha value is -1.10. The lowest BCUT2D eigenvalue weighted by Crippen LogP contribution is -2.19. The third kappa shape index (κ3) is 3.98. The normalized spacial score (nSPS) is 12.5. The number of nitrogens with zero attached hydrogens (tertiary/aromatic N) is 1. The number of benzene rings is 1. The van der Waals surface area contributed by atoms with Gasteiger partial charge in [0.05, 0.1) is 11.5 Å². The van der Waals surface area contributed by atoms with Crippen molar-refractivity contribution in [3.05, 3.63) is 33.9 Å². The van der Waals surface area contributed by atoms with Crippen LogP contribution in [-0.4, -0.2) is 16.9 Å². The molecule has 0 saturated heterocycles. The zero-order valence-corrected chi connectivity index (χ0v) is 12.4. The highest BCUT2D eigenvalue weighted by atomic mass is 79.9. The first kappa shape index (κ1) is 15.0. The predicted molar refractivity (Wildman–Crippen MR) is 75.5 cm³/mol. The average molecular weight is 316 g/mol. The summed E-state index contributed by atoms with van der Waals surface area (Å²) in [5.74, 6) is 1.16. The van der Waals surface area contributed by atoms with Crippen LogP contribution in [0.25, 0.3) is 0 Å². The zero-order chi connectivity index (χ0) is 13.7. The van der Waals surface area contributed by atoms with Crippen molar-refractivity contribution >= 4 is 21.6 Å². The van der Waals surface area contributed by atoms with Gasteiger partial charge in [-0.25, -0.2) is 0 Å². The molecule has 0 N–H and O–H groups in total. The van der Waals surface area contributed by atoms with Crippen molar-refractivity contribution in [3.63, 3.8) is 0 Å². The van der Waals surface area contributed by atoms with Gasteiger partial charge in [-0.15, -0.1) is 0 Å². The highest BCUT2D eigenvalue weighted by molar-refractivity contribution is 9.09. The van der Waals surface area contributed by atoms with Gasteiger partial charge in [-0.1, -0.05) is 35.8 Å². The van der Waals surface area contributed by atoms with E-state index in [0.29, 0.717) is 24.2 Å². The van der Waals surface area contributed by atoms with Crippen molar-refractivity contribution in [3.8, 4) is 5.75 Å². The summed E-state index contributed by atoms with van der Waals surface area (Å²) in [4.78, 5) is 10.5. The Kier molecular flexibility index (Phi) is 5.59. The monoisotopic (exact) mass is 315 g/mol. The first-order valence-electron chi connectivity index (χ1n) is 5.89. The molecule has 0 spiro atoms. The summed E-state index contributed by atoms with van der Waals surface area (Å²) in [6.45, 7) is 6.59. The van der Waals surface area contributed by atoms with Crippen LogP contribution in [0.4, 0.5) is 5.69 Å². The van der Waals surface area contributed by atoms with E-state index in [-0.39, 0.29) is 5.69 Å². The molecule has 1 atom stereocenters. The molecule has 0 aliphatic heterocycles. The largest absolute Gasteiger partial charge is 0.486 e. The van der Waals surface area contributed by atoms with Gasteiger partial charge in [-0.3, -0.25) is 10.1 Å². The maximum absolute atomic E-state index is 10.9. The molecule has 5 heteroatoms. The van der Waals surface area contributed by atoms with Crippen molar-refractivity contribution in [2.75, 3.05) is 11.9 Å². The molecule has 0 radical (unpaired) electrons. The summed E-state index contributed by atoms with van der Waals surface area (Å²) in [6, 6.07) is 4.92. The molecule has 1 rings (SSSR count). The molecule has 18 heavy (non-hydrogen) atoms. The lowest BCUT2D eigenvalue weighted by molar-refractivity contribution is -0.385. The molecule has 1 aromatic rings. The second kappa shape index (κ2) is 6.73. The number of ether oxygens (including phenoxy) is 1. The molecule has 4 nitrogen and oxygen atoms in total. The van der Waals surface area contributed by atoms with Crippen LogP contribution in [0.15, 0.2) is 18.2 Å². The number of hydrogen-bond donors (Lipinski definition) is 0. The topological polar surface area (TPSA) is 52.4 Å².